The second kappa shape index (κ2) is 43.6. The third-order valence-corrected chi connectivity index (χ3v) is 12.8. The molecule has 0 aromatic carbocycles. The normalized spacial score (nSPS) is 20.4. The minimum atomic E-state index is -1.57. The molecule has 366 valence electrons. The number of carbonyl (C=O) groups excluding carboxylic acids is 1. The summed E-state index contributed by atoms with van der Waals surface area (Å²) in [4.78, 5) is 13.0. The second-order valence-corrected chi connectivity index (χ2v) is 18.7. The van der Waals surface area contributed by atoms with Gasteiger partial charge in [-0.2, -0.15) is 0 Å². The van der Waals surface area contributed by atoms with Crippen LogP contribution in [0.3, 0.4) is 0 Å². The summed E-state index contributed by atoms with van der Waals surface area (Å²) in [6, 6.07) is -0.817. The number of hydrogen-bond donors (Lipinski definition) is 6. The summed E-state index contributed by atoms with van der Waals surface area (Å²) in [5.41, 5.74) is 0. The van der Waals surface area contributed by atoms with Crippen LogP contribution < -0.4 is 5.32 Å². The Morgan fingerprint density at radius 2 is 0.919 bits per heavy atom. The SMILES string of the molecule is CCCCCCCCCCCCCCCCC/C=C/CC/C=C/C(O)C(COC1OC(CO)C(O)C(O)C1O)NC(=O)CCCCCCCCCCCCCCCCCCCC. The first-order chi connectivity index (χ1) is 30.3. The molecule has 1 aliphatic heterocycles. The summed E-state index contributed by atoms with van der Waals surface area (Å²) >= 11 is 0. The fourth-order valence-corrected chi connectivity index (χ4v) is 8.53. The minimum Gasteiger partial charge on any atom is -0.394 e. The number of rotatable bonds is 45. The van der Waals surface area contributed by atoms with Crippen LogP contribution in [0, 0.1) is 0 Å². The van der Waals surface area contributed by atoms with Crippen molar-refractivity contribution >= 4 is 5.91 Å². The summed E-state index contributed by atoms with van der Waals surface area (Å²) in [5, 5.41) is 54.4. The van der Waals surface area contributed by atoms with Gasteiger partial charge in [-0.3, -0.25) is 4.79 Å². The standard InChI is InChI=1S/C53H101NO8/c1-3-5-7-9-11-13-15-17-19-21-23-24-25-26-28-30-32-34-36-38-40-42-47(56)46(45-61-53-52(60)51(59)50(58)48(44-55)62-53)54-49(57)43-41-39-37-35-33-31-29-27-22-20-18-16-14-12-10-8-6-4-2/h32,34,40,42,46-48,50-53,55-56,58-60H,3-31,33,35-39,41,43-45H2,1-2H3,(H,54,57)/b34-32+,42-40+. The van der Waals surface area contributed by atoms with Gasteiger partial charge >= 0.3 is 0 Å². The number of unbranched alkanes of at least 4 members (excludes halogenated alkanes) is 33. The number of aliphatic hydroxyl groups excluding tert-OH is 5. The Morgan fingerprint density at radius 3 is 1.35 bits per heavy atom. The number of ether oxygens (including phenoxy) is 2. The second-order valence-electron chi connectivity index (χ2n) is 18.7. The maximum absolute atomic E-state index is 13.0. The largest absolute Gasteiger partial charge is 0.394 e. The number of allylic oxidation sites excluding steroid dienone is 3. The molecule has 1 saturated heterocycles. The molecule has 0 aromatic rings. The van der Waals surface area contributed by atoms with Gasteiger partial charge in [0, 0.05) is 6.42 Å². The zero-order valence-electron chi connectivity index (χ0n) is 40.4. The van der Waals surface area contributed by atoms with Crippen LogP contribution >= 0.6 is 0 Å². The fourth-order valence-electron chi connectivity index (χ4n) is 8.53. The summed E-state index contributed by atoms with van der Waals surface area (Å²) in [6.07, 6.45) is 46.6. The first-order valence-electron chi connectivity index (χ1n) is 26.6. The van der Waals surface area contributed by atoms with Crippen LogP contribution in [0.5, 0.6) is 0 Å². The minimum absolute atomic E-state index is 0.182. The lowest BCUT2D eigenvalue weighted by Gasteiger charge is -2.40. The summed E-state index contributed by atoms with van der Waals surface area (Å²) in [7, 11) is 0. The molecular formula is C53H101NO8. The molecule has 9 heteroatoms. The highest BCUT2D eigenvalue weighted by Crippen LogP contribution is 2.23. The van der Waals surface area contributed by atoms with Crippen LogP contribution in [0.4, 0.5) is 0 Å². The first-order valence-corrected chi connectivity index (χ1v) is 26.6. The molecule has 0 aliphatic carbocycles. The van der Waals surface area contributed by atoms with Crippen molar-refractivity contribution in [2.45, 2.75) is 294 Å². The average Bonchev–Trinajstić information content (AvgIpc) is 3.27. The predicted molar refractivity (Wildman–Crippen MR) is 258 cm³/mol. The van der Waals surface area contributed by atoms with Crippen molar-refractivity contribution < 1.29 is 39.8 Å². The number of amides is 1. The predicted octanol–water partition coefficient (Wildman–Crippen LogP) is 12.2. The van der Waals surface area contributed by atoms with Crippen molar-refractivity contribution in [1.29, 1.82) is 0 Å². The summed E-state index contributed by atoms with van der Waals surface area (Å²) < 4.78 is 11.2. The van der Waals surface area contributed by atoms with Gasteiger partial charge in [-0.15, -0.1) is 0 Å². The quantitative estimate of drug-likeness (QED) is 0.0262. The zero-order valence-corrected chi connectivity index (χ0v) is 40.4. The van der Waals surface area contributed by atoms with E-state index in [4.69, 9.17) is 9.47 Å². The molecule has 1 rings (SSSR count). The van der Waals surface area contributed by atoms with E-state index in [1.165, 1.54) is 193 Å². The summed E-state index contributed by atoms with van der Waals surface area (Å²) in [5.74, 6) is -0.182. The van der Waals surface area contributed by atoms with Crippen LogP contribution in [0.1, 0.15) is 251 Å². The number of hydrogen-bond acceptors (Lipinski definition) is 8. The van der Waals surface area contributed by atoms with Gasteiger partial charge in [-0.1, -0.05) is 237 Å². The third-order valence-electron chi connectivity index (χ3n) is 12.8. The number of aliphatic hydroxyl groups is 5. The molecule has 0 bridgehead atoms. The van der Waals surface area contributed by atoms with Crippen molar-refractivity contribution in [2.24, 2.45) is 0 Å². The van der Waals surface area contributed by atoms with Gasteiger partial charge in [0.2, 0.25) is 5.91 Å². The Labute approximate surface area is 381 Å². The number of carbonyl (C=O) groups is 1. The lowest BCUT2D eigenvalue weighted by atomic mass is 9.99. The van der Waals surface area contributed by atoms with E-state index in [1.807, 2.05) is 6.08 Å². The van der Waals surface area contributed by atoms with E-state index in [0.717, 1.165) is 38.5 Å². The van der Waals surface area contributed by atoms with Crippen molar-refractivity contribution in [3.63, 3.8) is 0 Å². The first kappa shape index (κ1) is 58.7. The van der Waals surface area contributed by atoms with Gasteiger partial charge in [0.05, 0.1) is 25.4 Å². The van der Waals surface area contributed by atoms with Gasteiger partial charge in [-0.05, 0) is 32.1 Å². The van der Waals surface area contributed by atoms with Crippen molar-refractivity contribution in [3.05, 3.63) is 24.3 Å². The molecule has 7 unspecified atom stereocenters. The van der Waals surface area contributed by atoms with E-state index < -0.39 is 49.5 Å². The van der Waals surface area contributed by atoms with Gasteiger partial charge in [0.1, 0.15) is 24.4 Å². The van der Waals surface area contributed by atoms with Crippen molar-refractivity contribution in [1.82, 2.24) is 5.32 Å². The monoisotopic (exact) mass is 880 g/mol. The molecule has 1 amide bonds. The molecule has 1 fully saturated rings. The molecule has 9 nitrogen and oxygen atoms in total. The van der Waals surface area contributed by atoms with Gasteiger partial charge in [0.25, 0.3) is 0 Å². The van der Waals surface area contributed by atoms with E-state index in [-0.39, 0.29) is 12.5 Å². The van der Waals surface area contributed by atoms with E-state index in [9.17, 15) is 30.3 Å². The summed E-state index contributed by atoms with van der Waals surface area (Å²) in [6.45, 7) is 3.79. The van der Waals surface area contributed by atoms with Crippen LogP contribution in [0.25, 0.3) is 0 Å². The highest BCUT2D eigenvalue weighted by atomic mass is 16.7. The zero-order chi connectivity index (χ0) is 45.1. The molecule has 6 N–H and O–H groups in total. The third kappa shape index (κ3) is 33.2. The van der Waals surface area contributed by atoms with E-state index in [1.54, 1.807) is 6.08 Å². The molecule has 0 saturated carbocycles. The van der Waals surface area contributed by atoms with E-state index in [0.29, 0.717) is 6.42 Å². The molecule has 0 aromatic heterocycles. The van der Waals surface area contributed by atoms with Gasteiger partial charge < -0.3 is 40.3 Å². The van der Waals surface area contributed by atoms with Crippen molar-refractivity contribution in [3.8, 4) is 0 Å². The Balaban J connectivity index is 2.30. The van der Waals surface area contributed by atoms with Crippen molar-refractivity contribution in [2.75, 3.05) is 13.2 Å². The molecular weight excluding hydrogens is 779 g/mol. The topological polar surface area (TPSA) is 149 Å². The van der Waals surface area contributed by atoms with E-state index in [2.05, 4.69) is 31.3 Å². The smallest absolute Gasteiger partial charge is 0.220 e. The highest BCUT2D eigenvalue weighted by molar-refractivity contribution is 5.76. The van der Waals surface area contributed by atoms with Crippen LogP contribution in [-0.4, -0.2) is 87.5 Å². The maximum atomic E-state index is 13.0. The lowest BCUT2D eigenvalue weighted by molar-refractivity contribution is -0.302. The van der Waals surface area contributed by atoms with Crippen LogP contribution in [-0.2, 0) is 14.3 Å². The van der Waals surface area contributed by atoms with Crippen LogP contribution in [0.2, 0.25) is 0 Å². The fraction of sp³-hybridized carbons (Fsp3) is 0.906. The van der Waals surface area contributed by atoms with Crippen LogP contribution in [0.15, 0.2) is 24.3 Å². The molecule has 1 aliphatic rings. The lowest BCUT2D eigenvalue weighted by Crippen LogP contribution is -2.60. The molecule has 7 atom stereocenters. The number of nitrogens with one attached hydrogen (secondary N) is 1. The maximum Gasteiger partial charge on any atom is 0.220 e. The highest BCUT2D eigenvalue weighted by Gasteiger charge is 2.44. The Hall–Kier alpha value is -1.33. The van der Waals surface area contributed by atoms with E-state index >= 15 is 0 Å². The molecule has 0 spiro atoms. The van der Waals surface area contributed by atoms with Gasteiger partial charge in [-0.25, -0.2) is 0 Å². The molecule has 1 heterocycles. The van der Waals surface area contributed by atoms with Gasteiger partial charge in [0.15, 0.2) is 6.29 Å². The average molecular weight is 880 g/mol. The Morgan fingerprint density at radius 1 is 0.532 bits per heavy atom. The Kier molecular flexibility index (Phi) is 41.2. The molecule has 0 radical (unpaired) electrons. The Bertz CT molecular complexity index is 1020. The molecule has 62 heavy (non-hydrogen) atoms.